The second-order valence-corrected chi connectivity index (χ2v) is 6.33. The van der Waals surface area contributed by atoms with E-state index in [0.29, 0.717) is 11.1 Å². The number of hydrogen-bond donors (Lipinski definition) is 0. The molecule has 0 saturated carbocycles. The summed E-state index contributed by atoms with van der Waals surface area (Å²) in [6.07, 6.45) is 0.416. The Morgan fingerprint density at radius 1 is 1.12 bits per heavy atom. The molecule has 0 saturated heterocycles. The van der Waals surface area contributed by atoms with E-state index >= 15 is 0 Å². The number of halogens is 3. The molecule has 1 aromatic carbocycles. The highest BCUT2D eigenvalue weighted by Crippen LogP contribution is 2.42. The molecule has 2 aromatic rings. The van der Waals surface area contributed by atoms with E-state index in [1.54, 1.807) is 0 Å². The average molecular weight is 350 g/mol. The van der Waals surface area contributed by atoms with Gasteiger partial charge in [-0.15, -0.1) is 13.2 Å². The fourth-order valence-electron chi connectivity index (χ4n) is 3.43. The maximum Gasteiger partial charge on any atom is 0.573 e. The molecular weight excluding hydrogens is 337 g/mol. The normalized spacial score (nSPS) is 16.3. The number of ether oxygens (including phenoxy) is 1. The van der Waals surface area contributed by atoms with E-state index in [9.17, 15) is 13.2 Å². The van der Waals surface area contributed by atoms with E-state index < -0.39 is 6.36 Å². The molecule has 4 rings (SSSR count). The second-order valence-electron chi connectivity index (χ2n) is 5.86. The van der Waals surface area contributed by atoms with Crippen molar-refractivity contribution in [1.29, 1.82) is 0 Å². The molecule has 0 N–H and O–H groups in total. The minimum atomic E-state index is -4.73. The highest BCUT2D eigenvalue weighted by molar-refractivity contribution is 7.80. The largest absolute Gasteiger partial charge is 0.573 e. The third kappa shape index (κ3) is 2.62. The molecule has 7 heteroatoms. The third-order valence-corrected chi connectivity index (χ3v) is 4.79. The predicted octanol–water partition coefficient (Wildman–Crippen LogP) is 4.28. The van der Waals surface area contributed by atoms with Crippen molar-refractivity contribution in [2.45, 2.75) is 25.6 Å². The van der Waals surface area contributed by atoms with Crippen LogP contribution >= 0.6 is 12.2 Å². The van der Waals surface area contributed by atoms with Crippen molar-refractivity contribution in [3.63, 3.8) is 0 Å². The van der Waals surface area contributed by atoms with Crippen molar-refractivity contribution in [2.24, 2.45) is 0 Å². The lowest BCUT2D eigenvalue weighted by molar-refractivity contribution is -0.274. The average Bonchev–Trinajstić information content (AvgIpc) is 2.95. The summed E-state index contributed by atoms with van der Waals surface area (Å²) in [7, 11) is 0. The number of alkyl halides is 3. The second kappa shape index (κ2) is 5.44. The van der Waals surface area contributed by atoms with Crippen LogP contribution in [0.25, 0.3) is 11.1 Å². The van der Waals surface area contributed by atoms with Gasteiger partial charge in [0, 0.05) is 36.6 Å². The fraction of sp³-hybridized carbons (Fsp3) is 0.294. The molecule has 3 nitrogen and oxygen atoms in total. The Morgan fingerprint density at radius 3 is 2.62 bits per heavy atom. The van der Waals surface area contributed by atoms with E-state index in [-0.39, 0.29) is 5.75 Å². The zero-order valence-electron chi connectivity index (χ0n) is 12.6. The predicted molar refractivity (Wildman–Crippen MR) is 88.3 cm³/mol. The van der Waals surface area contributed by atoms with E-state index in [4.69, 9.17) is 12.2 Å². The number of aromatic nitrogens is 1. The van der Waals surface area contributed by atoms with E-state index in [1.807, 2.05) is 12.1 Å². The van der Waals surface area contributed by atoms with Gasteiger partial charge in [-0.2, -0.15) is 0 Å². The van der Waals surface area contributed by atoms with Crippen LogP contribution in [-0.2, 0) is 12.8 Å². The first kappa shape index (κ1) is 15.4. The fourth-order valence-corrected chi connectivity index (χ4v) is 3.71. The van der Waals surface area contributed by atoms with Gasteiger partial charge in [-0.3, -0.25) is 4.98 Å². The Bertz CT molecular complexity index is 835. The van der Waals surface area contributed by atoms with Crippen LogP contribution in [0.4, 0.5) is 18.9 Å². The van der Waals surface area contributed by atoms with E-state index in [0.717, 1.165) is 47.6 Å². The zero-order valence-corrected chi connectivity index (χ0v) is 13.4. The molecule has 3 heterocycles. The van der Waals surface area contributed by atoms with Gasteiger partial charge in [-0.25, -0.2) is 0 Å². The van der Waals surface area contributed by atoms with Gasteiger partial charge in [0.25, 0.3) is 0 Å². The van der Waals surface area contributed by atoms with Crippen molar-refractivity contribution in [1.82, 2.24) is 4.98 Å². The number of pyridine rings is 1. The zero-order chi connectivity index (χ0) is 16.9. The Kier molecular flexibility index (Phi) is 3.49. The summed E-state index contributed by atoms with van der Waals surface area (Å²) in [6.45, 7) is 0.837. The first-order valence-electron chi connectivity index (χ1n) is 7.59. The van der Waals surface area contributed by atoms with Crippen molar-refractivity contribution >= 4 is 22.9 Å². The Hall–Kier alpha value is -2.15. The summed E-state index contributed by atoms with van der Waals surface area (Å²) in [6, 6.07) is 5.09. The van der Waals surface area contributed by atoms with E-state index in [2.05, 4.69) is 14.6 Å². The minimum absolute atomic E-state index is 0.231. The summed E-state index contributed by atoms with van der Waals surface area (Å²) in [4.78, 5) is 7.05. The van der Waals surface area contributed by atoms with E-state index in [1.165, 1.54) is 18.5 Å². The number of aryl methyl sites for hydroxylation is 1. The SMILES string of the molecule is FC(F)(F)Oc1ccncc1-c1cc2c3c(c1)CCN3C(=S)CC2. The smallest absolute Gasteiger partial charge is 0.405 e. The Morgan fingerprint density at radius 2 is 1.88 bits per heavy atom. The molecular formula is C17H13F3N2OS. The van der Waals surface area contributed by atoms with Crippen LogP contribution in [0.15, 0.2) is 30.6 Å². The third-order valence-electron chi connectivity index (χ3n) is 4.37. The lowest BCUT2D eigenvalue weighted by Gasteiger charge is -2.28. The molecule has 2 aliphatic rings. The number of rotatable bonds is 2. The molecule has 0 spiro atoms. The maximum atomic E-state index is 12.6. The number of hydrogen-bond acceptors (Lipinski definition) is 3. The number of benzene rings is 1. The first-order valence-corrected chi connectivity index (χ1v) is 7.99. The number of anilines is 1. The topological polar surface area (TPSA) is 25.4 Å². The van der Waals surface area contributed by atoms with Crippen LogP contribution < -0.4 is 9.64 Å². The van der Waals surface area contributed by atoms with Gasteiger partial charge in [0.05, 0.1) is 4.99 Å². The minimum Gasteiger partial charge on any atom is -0.405 e. The molecule has 0 bridgehead atoms. The molecule has 24 heavy (non-hydrogen) atoms. The van der Waals surface area contributed by atoms with Crippen LogP contribution in [0.2, 0.25) is 0 Å². The molecule has 124 valence electrons. The Labute approximate surface area is 142 Å². The van der Waals surface area contributed by atoms with Gasteiger partial charge in [0.1, 0.15) is 5.75 Å². The van der Waals surface area contributed by atoms with Crippen molar-refractivity contribution in [3.8, 4) is 16.9 Å². The first-order chi connectivity index (χ1) is 11.4. The molecule has 0 fully saturated rings. The van der Waals surface area contributed by atoms with Gasteiger partial charge in [0.15, 0.2) is 0 Å². The highest BCUT2D eigenvalue weighted by Gasteiger charge is 2.33. The summed E-state index contributed by atoms with van der Waals surface area (Å²) < 4.78 is 42.1. The molecule has 2 aliphatic heterocycles. The van der Waals surface area contributed by atoms with Crippen LogP contribution in [0.1, 0.15) is 17.5 Å². The van der Waals surface area contributed by atoms with Gasteiger partial charge in [0.2, 0.25) is 0 Å². The monoisotopic (exact) mass is 350 g/mol. The van der Waals surface area contributed by atoms with Crippen molar-refractivity contribution < 1.29 is 17.9 Å². The van der Waals surface area contributed by atoms with Crippen molar-refractivity contribution in [3.05, 3.63) is 41.7 Å². The lowest BCUT2D eigenvalue weighted by Crippen LogP contribution is -2.31. The molecule has 1 aromatic heterocycles. The quantitative estimate of drug-likeness (QED) is 0.755. The summed E-state index contributed by atoms with van der Waals surface area (Å²) in [5, 5.41) is 0. The number of nitrogens with zero attached hydrogens (tertiary/aromatic N) is 2. The summed E-state index contributed by atoms with van der Waals surface area (Å²) >= 11 is 5.41. The molecule has 0 unspecified atom stereocenters. The van der Waals surface area contributed by atoms with Gasteiger partial charge in [-0.1, -0.05) is 12.2 Å². The molecule has 0 aliphatic carbocycles. The Balaban J connectivity index is 1.81. The van der Waals surface area contributed by atoms with Crippen molar-refractivity contribution in [2.75, 3.05) is 11.4 Å². The van der Waals surface area contributed by atoms with Crippen LogP contribution in [-0.4, -0.2) is 22.9 Å². The van der Waals surface area contributed by atoms with Crippen LogP contribution in [0.3, 0.4) is 0 Å². The molecule has 0 amide bonds. The van der Waals surface area contributed by atoms with Crippen LogP contribution in [0.5, 0.6) is 5.75 Å². The van der Waals surface area contributed by atoms with Gasteiger partial charge >= 0.3 is 6.36 Å². The molecule has 0 atom stereocenters. The molecule has 0 radical (unpaired) electrons. The standard InChI is InChI=1S/C17H13F3N2OS/c18-17(19,20)23-14-3-5-21-9-13(14)12-7-10-1-2-15(24)22-6-4-11(8-12)16(10)22/h3,5,7-9H,1-2,4,6H2. The van der Waals surface area contributed by atoms with Gasteiger partial charge < -0.3 is 9.64 Å². The van der Waals surface area contributed by atoms with Gasteiger partial charge in [-0.05, 0) is 47.7 Å². The summed E-state index contributed by atoms with van der Waals surface area (Å²) in [5.41, 5.74) is 4.42. The highest BCUT2D eigenvalue weighted by atomic mass is 32.1. The number of thiocarbonyl (C=S) groups is 1. The van der Waals surface area contributed by atoms with Crippen LogP contribution in [0, 0.1) is 0 Å². The lowest BCUT2D eigenvalue weighted by atomic mass is 9.94. The maximum absolute atomic E-state index is 12.6. The summed E-state index contributed by atoms with van der Waals surface area (Å²) in [5.74, 6) is -0.231.